The smallest absolute Gasteiger partial charge is 0.243 e. The maximum absolute atomic E-state index is 12.9. The highest BCUT2D eigenvalue weighted by atomic mass is 16.2. The summed E-state index contributed by atoms with van der Waals surface area (Å²) < 4.78 is 0. The third-order valence-corrected chi connectivity index (χ3v) is 6.15. The van der Waals surface area contributed by atoms with Crippen molar-refractivity contribution in [2.24, 2.45) is 29.2 Å². The van der Waals surface area contributed by atoms with Crippen LogP contribution in [0.1, 0.15) is 58.3 Å². The van der Waals surface area contributed by atoms with Crippen molar-refractivity contribution in [2.45, 2.75) is 75.9 Å². The van der Waals surface area contributed by atoms with Gasteiger partial charge in [-0.05, 0) is 69.6 Å². The van der Waals surface area contributed by atoms with Crippen molar-refractivity contribution in [2.75, 3.05) is 0 Å². The van der Waals surface area contributed by atoms with Gasteiger partial charge in [-0.15, -0.1) is 0 Å². The van der Waals surface area contributed by atoms with E-state index in [1.165, 1.54) is 19.3 Å². The molecule has 2 atom stereocenters. The molecule has 4 bridgehead atoms. The van der Waals surface area contributed by atoms with E-state index in [1.54, 1.807) is 6.92 Å². The molecule has 7 nitrogen and oxygen atoms in total. The highest BCUT2D eigenvalue weighted by Gasteiger charge is 2.51. The lowest BCUT2D eigenvalue weighted by atomic mass is 9.53. The molecule has 4 rings (SSSR count). The topological polar surface area (TPSA) is 127 Å². The first kappa shape index (κ1) is 18.2. The van der Waals surface area contributed by atoms with E-state index in [4.69, 9.17) is 11.5 Å². The standard InChI is InChI=1S/C18H30N4O3/c1-10(19)16(24)21-14(2-3-15(20)23)17(25)22-18-7-11-4-12(8-18)6-13(5-11)9-18/h10-14H,2-9,19H2,1H3,(H2,20,23)(H,21,24)(H,22,25)/t10-,11?,12?,13?,14-,18?/m0/s1. The van der Waals surface area contributed by atoms with Crippen molar-refractivity contribution in [1.82, 2.24) is 10.6 Å². The van der Waals surface area contributed by atoms with Gasteiger partial charge in [0.25, 0.3) is 0 Å². The first-order chi connectivity index (χ1) is 11.8. The van der Waals surface area contributed by atoms with Gasteiger partial charge < -0.3 is 22.1 Å². The first-order valence-corrected chi connectivity index (χ1v) is 9.42. The molecule has 0 aromatic heterocycles. The van der Waals surface area contributed by atoms with Crippen LogP contribution < -0.4 is 22.1 Å². The monoisotopic (exact) mass is 350 g/mol. The lowest BCUT2D eigenvalue weighted by Gasteiger charge is -2.57. The van der Waals surface area contributed by atoms with Crippen LogP contribution in [0.5, 0.6) is 0 Å². The van der Waals surface area contributed by atoms with Crippen molar-refractivity contribution in [3.63, 3.8) is 0 Å². The molecule has 4 aliphatic rings. The lowest BCUT2D eigenvalue weighted by Crippen LogP contribution is -2.63. The zero-order valence-electron chi connectivity index (χ0n) is 14.9. The molecule has 0 aromatic rings. The van der Waals surface area contributed by atoms with Gasteiger partial charge in [0, 0.05) is 12.0 Å². The summed E-state index contributed by atoms with van der Waals surface area (Å²) in [5.41, 5.74) is 10.7. The third-order valence-electron chi connectivity index (χ3n) is 6.15. The molecule has 6 N–H and O–H groups in total. The minimum absolute atomic E-state index is 0.0538. The molecule has 0 unspecified atom stereocenters. The van der Waals surface area contributed by atoms with E-state index in [-0.39, 0.29) is 24.3 Å². The summed E-state index contributed by atoms with van der Waals surface area (Å²) in [5, 5.41) is 5.92. The van der Waals surface area contributed by atoms with Gasteiger partial charge in [0.1, 0.15) is 6.04 Å². The number of rotatable bonds is 7. The van der Waals surface area contributed by atoms with E-state index in [2.05, 4.69) is 10.6 Å². The fourth-order valence-corrected chi connectivity index (χ4v) is 5.47. The Hall–Kier alpha value is -1.63. The Balaban J connectivity index is 1.66. The second kappa shape index (κ2) is 6.94. The Bertz CT molecular complexity index is 525. The predicted molar refractivity (Wildman–Crippen MR) is 93.1 cm³/mol. The van der Waals surface area contributed by atoms with Gasteiger partial charge in [-0.25, -0.2) is 0 Å². The third kappa shape index (κ3) is 4.14. The Morgan fingerprint density at radius 2 is 1.56 bits per heavy atom. The number of hydrogen-bond donors (Lipinski definition) is 4. The number of hydrogen-bond acceptors (Lipinski definition) is 4. The van der Waals surface area contributed by atoms with Crippen LogP contribution in [0.4, 0.5) is 0 Å². The van der Waals surface area contributed by atoms with Crippen LogP contribution in [-0.4, -0.2) is 35.3 Å². The van der Waals surface area contributed by atoms with Gasteiger partial charge in [-0.3, -0.25) is 14.4 Å². The Labute approximate surface area is 148 Å². The van der Waals surface area contributed by atoms with Crippen molar-refractivity contribution in [3.05, 3.63) is 0 Å². The molecule has 7 heteroatoms. The first-order valence-electron chi connectivity index (χ1n) is 9.42. The van der Waals surface area contributed by atoms with Crippen molar-refractivity contribution >= 4 is 17.7 Å². The zero-order valence-corrected chi connectivity index (χ0v) is 14.9. The van der Waals surface area contributed by atoms with Gasteiger partial charge >= 0.3 is 0 Å². The van der Waals surface area contributed by atoms with Crippen LogP contribution in [0.15, 0.2) is 0 Å². The maximum atomic E-state index is 12.9. The average Bonchev–Trinajstić information content (AvgIpc) is 2.48. The Morgan fingerprint density at radius 3 is 2.00 bits per heavy atom. The molecular weight excluding hydrogens is 320 g/mol. The maximum Gasteiger partial charge on any atom is 0.243 e. The summed E-state index contributed by atoms with van der Waals surface area (Å²) in [4.78, 5) is 35.9. The van der Waals surface area contributed by atoms with Crippen LogP contribution in [-0.2, 0) is 14.4 Å². The summed E-state index contributed by atoms with van der Waals surface area (Å²) in [5.74, 6) is 1.06. The van der Waals surface area contributed by atoms with Crippen molar-refractivity contribution < 1.29 is 14.4 Å². The molecule has 0 radical (unpaired) electrons. The van der Waals surface area contributed by atoms with Crippen LogP contribution in [0.2, 0.25) is 0 Å². The zero-order chi connectivity index (χ0) is 18.2. The highest BCUT2D eigenvalue weighted by Crippen LogP contribution is 2.55. The summed E-state index contributed by atoms with van der Waals surface area (Å²) >= 11 is 0. The molecule has 0 aliphatic heterocycles. The SMILES string of the molecule is C[C@H](N)C(=O)N[C@@H](CCC(N)=O)C(=O)NC12CC3CC(CC(C3)C1)C2. The van der Waals surface area contributed by atoms with Crippen LogP contribution in [0.25, 0.3) is 0 Å². The van der Waals surface area contributed by atoms with Crippen LogP contribution in [0, 0.1) is 17.8 Å². The van der Waals surface area contributed by atoms with Gasteiger partial charge in [0.15, 0.2) is 0 Å². The summed E-state index contributed by atoms with van der Waals surface area (Å²) in [6.07, 6.45) is 7.24. The number of primary amides is 1. The molecule has 3 amide bonds. The second-order valence-corrected chi connectivity index (χ2v) is 8.54. The molecule has 0 spiro atoms. The molecule has 4 fully saturated rings. The summed E-state index contributed by atoms with van der Waals surface area (Å²) in [7, 11) is 0. The number of nitrogens with two attached hydrogens (primary N) is 2. The Kier molecular flexibility index (Phi) is 5.04. The van der Waals surface area contributed by atoms with E-state index >= 15 is 0 Å². The van der Waals surface area contributed by atoms with Gasteiger partial charge in [0.05, 0.1) is 6.04 Å². The minimum atomic E-state index is -0.765. The van der Waals surface area contributed by atoms with Crippen molar-refractivity contribution in [1.29, 1.82) is 0 Å². The predicted octanol–water partition coefficient (Wildman–Crippen LogP) is 0.169. The number of nitrogens with one attached hydrogen (secondary N) is 2. The van der Waals surface area contributed by atoms with Gasteiger partial charge in [-0.2, -0.15) is 0 Å². The molecular formula is C18H30N4O3. The van der Waals surface area contributed by atoms with E-state index < -0.39 is 23.9 Å². The van der Waals surface area contributed by atoms with E-state index in [0.717, 1.165) is 19.3 Å². The molecule has 4 saturated carbocycles. The van der Waals surface area contributed by atoms with E-state index in [1.807, 2.05) is 0 Å². The quantitative estimate of drug-likeness (QED) is 0.522. The number of carbonyl (C=O) groups excluding carboxylic acids is 3. The molecule has 0 heterocycles. The molecule has 140 valence electrons. The largest absolute Gasteiger partial charge is 0.370 e. The van der Waals surface area contributed by atoms with E-state index in [0.29, 0.717) is 17.8 Å². The molecule has 0 saturated heterocycles. The second-order valence-electron chi connectivity index (χ2n) is 8.54. The van der Waals surface area contributed by atoms with Gasteiger partial charge in [0.2, 0.25) is 17.7 Å². The Morgan fingerprint density at radius 1 is 1.04 bits per heavy atom. The summed E-state index contributed by atoms with van der Waals surface area (Å²) in [6.45, 7) is 1.57. The van der Waals surface area contributed by atoms with Gasteiger partial charge in [-0.1, -0.05) is 0 Å². The van der Waals surface area contributed by atoms with Crippen LogP contribution in [0.3, 0.4) is 0 Å². The highest BCUT2D eigenvalue weighted by molar-refractivity contribution is 5.90. The average molecular weight is 350 g/mol. The number of amides is 3. The fourth-order valence-electron chi connectivity index (χ4n) is 5.47. The molecule has 4 aliphatic carbocycles. The van der Waals surface area contributed by atoms with Crippen LogP contribution >= 0.6 is 0 Å². The number of carbonyl (C=O) groups is 3. The van der Waals surface area contributed by atoms with Crippen molar-refractivity contribution in [3.8, 4) is 0 Å². The molecule has 25 heavy (non-hydrogen) atoms. The lowest BCUT2D eigenvalue weighted by molar-refractivity contribution is -0.133. The normalized spacial score (nSPS) is 35.0. The minimum Gasteiger partial charge on any atom is -0.370 e. The summed E-state index contributed by atoms with van der Waals surface area (Å²) in [6, 6.07) is -1.47. The fraction of sp³-hybridized carbons (Fsp3) is 0.833. The van der Waals surface area contributed by atoms with E-state index in [9.17, 15) is 14.4 Å². The molecule has 0 aromatic carbocycles.